The average molecular weight is 276 g/mol. The summed E-state index contributed by atoms with van der Waals surface area (Å²) in [5, 5.41) is 18.9. The van der Waals surface area contributed by atoms with E-state index < -0.39 is 18.5 Å². The van der Waals surface area contributed by atoms with E-state index in [0.717, 1.165) is 5.69 Å². The van der Waals surface area contributed by atoms with Gasteiger partial charge in [-0.3, -0.25) is 4.79 Å². The minimum absolute atomic E-state index is 0.311. The number of rotatable bonds is 6. The number of carboxylic acid groups (broad SMARTS) is 1. The van der Waals surface area contributed by atoms with Crippen LogP contribution >= 0.6 is 0 Å². The molecule has 0 aliphatic carbocycles. The fourth-order valence-electron chi connectivity index (χ4n) is 1.46. The fraction of sp³-hybridized carbons (Fsp3) is 0.167. The van der Waals surface area contributed by atoms with Gasteiger partial charge < -0.3 is 15.2 Å². The molecule has 8 heteroatoms. The number of anilines is 1. The van der Waals surface area contributed by atoms with E-state index in [1.165, 1.54) is 4.80 Å². The van der Waals surface area contributed by atoms with Gasteiger partial charge in [0, 0.05) is 5.69 Å². The molecule has 0 saturated heterocycles. The van der Waals surface area contributed by atoms with Gasteiger partial charge in [-0.05, 0) is 24.3 Å². The van der Waals surface area contributed by atoms with Crippen LogP contribution in [0.3, 0.4) is 0 Å². The van der Waals surface area contributed by atoms with Gasteiger partial charge in [-0.15, -0.1) is 0 Å². The third-order valence-electron chi connectivity index (χ3n) is 2.26. The predicted octanol–water partition coefficient (Wildman–Crippen LogP) is 0.307. The number of benzene rings is 1. The molecule has 8 nitrogen and oxygen atoms in total. The van der Waals surface area contributed by atoms with E-state index in [4.69, 9.17) is 5.11 Å². The van der Waals surface area contributed by atoms with Crippen LogP contribution in [0.2, 0.25) is 0 Å². The van der Waals surface area contributed by atoms with Gasteiger partial charge in [-0.2, -0.15) is 15.0 Å². The Morgan fingerprint density at radius 2 is 1.80 bits per heavy atom. The van der Waals surface area contributed by atoms with Gasteiger partial charge in [0.15, 0.2) is 0 Å². The molecule has 2 N–H and O–H groups in total. The molecule has 0 spiro atoms. The normalized spacial score (nSPS) is 10.2. The van der Waals surface area contributed by atoms with Gasteiger partial charge in [-0.25, -0.2) is 4.79 Å². The summed E-state index contributed by atoms with van der Waals surface area (Å²) >= 11 is 0. The van der Waals surface area contributed by atoms with E-state index in [2.05, 4.69) is 20.3 Å². The highest BCUT2D eigenvalue weighted by molar-refractivity contribution is 5.91. The first-order chi connectivity index (χ1) is 9.65. The van der Waals surface area contributed by atoms with Crippen molar-refractivity contribution in [3.8, 4) is 5.69 Å². The summed E-state index contributed by atoms with van der Waals surface area (Å²) in [5.41, 5.74) is 1.33. The van der Waals surface area contributed by atoms with E-state index in [1.54, 1.807) is 36.7 Å². The molecule has 104 valence electrons. The quantitative estimate of drug-likeness (QED) is 0.786. The van der Waals surface area contributed by atoms with Crippen molar-refractivity contribution in [3.05, 3.63) is 36.7 Å². The summed E-state index contributed by atoms with van der Waals surface area (Å²) in [6.45, 7) is -0.813. The zero-order chi connectivity index (χ0) is 14.4. The summed E-state index contributed by atoms with van der Waals surface area (Å²) in [7, 11) is 0. The van der Waals surface area contributed by atoms with Crippen molar-refractivity contribution in [1.82, 2.24) is 15.0 Å². The largest absolute Gasteiger partial charge is 0.480 e. The van der Waals surface area contributed by atoms with Gasteiger partial charge in [0.25, 0.3) is 0 Å². The molecule has 1 heterocycles. The van der Waals surface area contributed by atoms with Gasteiger partial charge >= 0.3 is 5.97 Å². The lowest BCUT2D eigenvalue weighted by Crippen LogP contribution is -2.20. The van der Waals surface area contributed by atoms with Crippen LogP contribution in [0.5, 0.6) is 0 Å². The second-order valence-corrected chi connectivity index (χ2v) is 3.80. The minimum atomic E-state index is -1.12. The molecular weight excluding hydrogens is 264 g/mol. The molecule has 0 fully saturated rings. The number of hydrogen-bond acceptors (Lipinski definition) is 5. The van der Waals surface area contributed by atoms with Crippen LogP contribution in [-0.2, 0) is 14.3 Å². The van der Waals surface area contributed by atoms with Crippen LogP contribution in [0.15, 0.2) is 36.7 Å². The smallest absolute Gasteiger partial charge is 0.329 e. The molecular formula is C12H12N4O4. The Kier molecular flexibility index (Phi) is 4.40. The molecule has 0 saturated carbocycles. The Hall–Kier alpha value is -2.74. The number of amides is 1. The van der Waals surface area contributed by atoms with Crippen molar-refractivity contribution in [3.63, 3.8) is 0 Å². The molecule has 20 heavy (non-hydrogen) atoms. The summed E-state index contributed by atoms with van der Waals surface area (Å²) in [6, 6.07) is 6.86. The summed E-state index contributed by atoms with van der Waals surface area (Å²) in [4.78, 5) is 23.1. The molecule has 0 unspecified atom stereocenters. The van der Waals surface area contributed by atoms with Gasteiger partial charge in [0.2, 0.25) is 5.91 Å². The molecule has 0 bridgehead atoms. The van der Waals surface area contributed by atoms with Crippen LogP contribution in [0, 0.1) is 0 Å². The lowest BCUT2D eigenvalue weighted by molar-refractivity contribution is -0.143. The lowest BCUT2D eigenvalue weighted by atomic mass is 10.3. The van der Waals surface area contributed by atoms with Gasteiger partial charge in [0.1, 0.15) is 13.2 Å². The number of nitrogens with one attached hydrogen (secondary N) is 1. The maximum atomic E-state index is 11.4. The Morgan fingerprint density at radius 3 is 2.40 bits per heavy atom. The molecule has 1 aromatic carbocycles. The highest BCUT2D eigenvalue weighted by Gasteiger charge is 2.05. The van der Waals surface area contributed by atoms with Crippen LogP contribution in [0.25, 0.3) is 5.69 Å². The lowest BCUT2D eigenvalue weighted by Gasteiger charge is -2.06. The second-order valence-electron chi connectivity index (χ2n) is 3.80. The molecule has 2 aromatic rings. The first-order valence-corrected chi connectivity index (χ1v) is 5.71. The number of ether oxygens (including phenoxy) is 1. The Labute approximate surface area is 114 Å². The molecule has 0 aliphatic heterocycles. The Balaban J connectivity index is 1.87. The van der Waals surface area contributed by atoms with Crippen LogP contribution < -0.4 is 5.32 Å². The van der Waals surface area contributed by atoms with Gasteiger partial charge in [-0.1, -0.05) is 0 Å². The third kappa shape index (κ3) is 3.89. The van der Waals surface area contributed by atoms with Gasteiger partial charge in [0.05, 0.1) is 18.1 Å². The highest BCUT2D eigenvalue weighted by atomic mass is 16.5. The first kappa shape index (κ1) is 13.7. The zero-order valence-electron chi connectivity index (χ0n) is 10.4. The molecule has 0 radical (unpaired) electrons. The van der Waals surface area contributed by atoms with Crippen molar-refractivity contribution >= 4 is 17.6 Å². The van der Waals surface area contributed by atoms with Crippen molar-refractivity contribution in [2.45, 2.75) is 0 Å². The average Bonchev–Trinajstić information content (AvgIpc) is 2.93. The number of carbonyl (C=O) groups is 2. The number of aliphatic carboxylic acids is 1. The van der Waals surface area contributed by atoms with E-state index in [1.807, 2.05) is 0 Å². The number of nitrogens with zero attached hydrogens (tertiary/aromatic N) is 3. The van der Waals surface area contributed by atoms with Crippen LogP contribution in [-0.4, -0.2) is 45.2 Å². The number of carbonyl (C=O) groups excluding carboxylic acids is 1. The topological polar surface area (TPSA) is 106 Å². The maximum Gasteiger partial charge on any atom is 0.329 e. The minimum Gasteiger partial charge on any atom is -0.480 e. The zero-order valence-corrected chi connectivity index (χ0v) is 10.4. The summed E-state index contributed by atoms with van der Waals surface area (Å²) in [6.07, 6.45) is 3.13. The summed E-state index contributed by atoms with van der Waals surface area (Å²) < 4.78 is 4.68. The maximum absolute atomic E-state index is 11.4. The number of hydrogen-bond donors (Lipinski definition) is 2. The molecule has 0 atom stereocenters. The standard InChI is InChI=1S/C12H12N4O4/c17-11(7-20-8-12(18)19)15-9-1-3-10(4-2-9)16-13-5-6-14-16/h1-6H,7-8H2,(H,15,17)(H,18,19). The fourth-order valence-corrected chi connectivity index (χ4v) is 1.46. The van der Waals surface area contributed by atoms with E-state index in [-0.39, 0.29) is 6.61 Å². The first-order valence-electron chi connectivity index (χ1n) is 5.71. The van der Waals surface area contributed by atoms with Crippen molar-refractivity contribution in [2.24, 2.45) is 0 Å². The third-order valence-corrected chi connectivity index (χ3v) is 2.26. The van der Waals surface area contributed by atoms with Crippen molar-refractivity contribution < 1.29 is 19.4 Å². The highest BCUT2D eigenvalue weighted by Crippen LogP contribution is 2.11. The van der Waals surface area contributed by atoms with Crippen molar-refractivity contribution in [2.75, 3.05) is 18.5 Å². The predicted molar refractivity (Wildman–Crippen MR) is 68.4 cm³/mol. The van der Waals surface area contributed by atoms with E-state index >= 15 is 0 Å². The number of aromatic nitrogens is 3. The summed E-state index contributed by atoms with van der Waals surface area (Å²) in [5.74, 6) is -1.54. The van der Waals surface area contributed by atoms with E-state index in [0.29, 0.717) is 5.69 Å². The number of carboxylic acids is 1. The molecule has 1 aromatic heterocycles. The van der Waals surface area contributed by atoms with Crippen LogP contribution in [0.4, 0.5) is 5.69 Å². The monoisotopic (exact) mass is 276 g/mol. The molecule has 0 aliphatic rings. The molecule has 1 amide bonds. The second kappa shape index (κ2) is 6.43. The SMILES string of the molecule is O=C(O)COCC(=O)Nc1ccc(-n2nccn2)cc1. The van der Waals surface area contributed by atoms with Crippen LogP contribution in [0.1, 0.15) is 0 Å². The van der Waals surface area contributed by atoms with Crippen molar-refractivity contribution in [1.29, 1.82) is 0 Å². The Morgan fingerprint density at radius 1 is 1.15 bits per heavy atom. The molecule has 2 rings (SSSR count). The van der Waals surface area contributed by atoms with E-state index in [9.17, 15) is 9.59 Å². The Bertz CT molecular complexity index is 580.